The second kappa shape index (κ2) is 5.63. The van der Waals surface area contributed by atoms with Crippen LogP contribution in [0.15, 0.2) is 28.8 Å². The van der Waals surface area contributed by atoms with Crippen LogP contribution >= 0.6 is 11.6 Å². The van der Waals surface area contributed by atoms with Crippen LogP contribution in [-0.4, -0.2) is 23.2 Å². The molecule has 1 aliphatic heterocycles. The lowest BCUT2D eigenvalue weighted by molar-refractivity contribution is 0.0764. The van der Waals surface area contributed by atoms with E-state index >= 15 is 0 Å². The van der Waals surface area contributed by atoms with Crippen molar-refractivity contribution >= 4 is 11.6 Å². The zero-order valence-corrected chi connectivity index (χ0v) is 13.4. The molecule has 23 heavy (non-hydrogen) atoms. The van der Waals surface area contributed by atoms with Crippen LogP contribution in [0.3, 0.4) is 0 Å². The first-order valence-corrected chi connectivity index (χ1v) is 8.24. The van der Waals surface area contributed by atoms with E-state index in [9.17, 15) is 5.26 Å². The molecule has 118 valence electrons. The minimum atomic E-state index is 0.107. The molecule has 1 saturated carbocycles. The van der Waals surface area contributed by atoms with E-state index < -0.39 is 0 Å². The summed E-state index contributed by atoms with van der Waals surface area (Å²) in [5, 5.41) is 17.4. The molecule has 4 rings (SSSR count). The third kappa shape index (κ3) is 2.62. The normalized spacial score (nSPS) is 29.4. The maximum atomic E-state index is 9.26. The van der Waals surface area contributed by atoms with Gasteiger partial charge < -0.3 is 9.84 Å². The fraction of sp³-hybridized carbons (Fsp3) is 0.471. The number of halogens is 1. The van der Waals surface area contributed by atoms with E-state index in [0.29, 0.717) is 18.1 Å². The van der Waals surface area contributed by atoms with Crippen molar-refractivity contribution in [3.63, 3.8) is 0 Å². The number of hydrogen-bond acceptors (Lipinski definition) is 5. The summed E-state index contributed by atoms with van der Waals surface area (Å²) in [6.07, 6.45) is 2.56. The van der Waals surface area contributed by atoms with Crippen LogP contribution in [0, 0.1) is 22.7 Å². The molecule has 1 aromatic heterocycles. The smallest absolute Gasteiger partial charge is 0.229 e. The molecular weight excluding hydrogens is 312 g/mol. The zero-order chi connectivity index (χ0) is 15.9. The van der Waals surface area contributed by atoms with Gasteiger partial charge in [-0.2, -0.15) is 10.2 Å². The molecule has 1 atom stereocenters. The first-order valence-electron chi connectivity index (χ1n) is 7.86. The average Bonchev–Trinajstić information content (AvgIpc) is 3.14. The number of benzene rings is 1. The molecule has 2 fully saturated rings. The average molecular weight is 329 g/mol. The van der Waals surface area contributed by atoms with E-state index in [4.69, 9.17) is 16.1 Å². The summed E-state index contributed by atoms with van der Waals surface area (Å²) in [7, 11) is 0. The van der Waals surface area contributed by atoms with E-state index in [1.807, 2.05) is 24.3 Å². The van der Waals surface area contributed by atoms with Gasteiger partial charge in [-0.05, 0) is 30.5 Å². The minimum absolute atomic E-state index is 0.107. The second-order valence-electron chi connectivity index (χ2n) is 6.63. The molecule has 0 radical (unpaired) electrons. The van der Waals surface area contributed by atoms with Gasteiger partial charge in [-0.15, -0.1) is 0 Å². The van der Waals surface area contributed by atoms with Gasteiger partial charge in [0.15, 0.2) is 5.82 Å². The van der Waals surface area contributed by atoms with Crippen molar-refractivity contribution in [2.75, 3.05) is 13.1 Å². The molecule has 5 nitrogen and oxygen atoms in total. The largest absolute Gasteiger partial charge is 0.339 e. The number of nitrogens with zero attached hydrogens (tertiary/aromatic N) is 3. The summed E-state index contributed by atoms with van der Waals surface area (Å²) in [5.41, 5.74) is 1.22. The maximum Gasteiger partial charge on any atom is 0.229 e. The van der Waals surface area contributed by atoms with Crippen molar-refractivity contribution < 1.29 is 4.52 Å². The van der Waals surface area contributed by atoms with Crippen molar-refractivity contribution in [1.29, 1.82) is 5.26 Å². The highest BCUT2D eigenvalue weighted by Crippen LogP contribution is 2.56. The summed E-state index contributed by atoms with van der Waals surface area (Å²) in [4.78, 5) is 4.54. The van der Waals surface area contributed by atoms with Crippen LogP contribution in [0.25, 0.3) is 0 Å². The van der Waals surface area contributed by atoms with Crippen molar-refractivity contribution in [2.24, 2.45) is 11.3 Å². The molecule has 1 aromatic carbocycles. The lowest BCUT2D eigenvalue weighted by Gasteiger charge is -2.45. The molecule has 1 unspecified atom stereocenters. The fourth-order valence-corrected chi connectivity index (χ4v) is 3.93. The number of nitriles is 1. The van der Waals surface area contributed by atoms with Gasteiger partial charge >= 0.3 is 0 Å². The molecule has 0 bridgehead atoms. The summed E-state index contributed by atoms with van der Waals surface area (Å²) >= 11 is 5.89. The summed E-state index contributed by atoms with van der Waals surface area (Å²) in [6.45, 7) is 1.72. The van der Waals surface area contributed by atoms with Gasteiger partial charge in [0.1, 0.15) is 0 Å². The molecule has 1 spiro atoms. The Morgan fingerprint density at radius 3 is 2.87 bits per heavy atom. The fourth-order valence-electron chi connectivity index (χ4n) is 3.80. The predicted octanol–water partition coefficient (Wildman–Crippen LogP) is 2.92. The summed E-state index contributed by atoms with van der Waals surface area (Å²) < 4.78 is 5.45. The highest BCUT2D eigenvalue weighted by atomic mass is 35.5. The van der Waals surface area contributed by atoms with Crippen molar-refractivity contribution in [1.82, 2.24) is 15.5 Å². The summed E-state index contributed by atoms with van der Waals surface area (Å²) in [5.74, 6) is 1.81. The highest BCUT2D eigenvalue weighted by Gasteiger charge is 2.54. The molecule has 1 saturated heterocycles. The van der Waals surface area contributed by atoms with E-state index in [-0.39, 0.29) is 17.3 Å². The van der Waals surface area contributed by atoms with Crippen molar-refractivity contribution in [3.05, 3.63) is 46.6 Å². The SMILES string of the molecule is N#CC1CNCC12CC(c1nc(Cc3ccc(Cl)cc3)no1)C2. The minimum Gasteiger partial charge on any atom is -0.339 e. The van der Waals surface area contributed by atoms with Gasteiger partial charge in [0.05, 0.1) is 12.0 Å². The lowest BCUT2D eigenvalue weighted by atomic mass is 9.57. The van der Waals surface area contributed by atoms with Crippen molar-refractivity contribution in [3.8, 4) is 6.07 Å². The predicted molar refractivity (Wildman–Crippen MR) is 84.9 cm³/mol. The van der Waals surface area contributed by atoms with Crippen molar-refractivity contribution in [2.45, 2.75) is 25.2 Å². The Morgan fingerprint density at radius 1 is 1.35 bits per heavy atom. The standard InChI is InChI=1S/C17H17ClN4O/c18-14-3-1-11(2-4-14)5-15-21-16(23-22-15)12-6-17(7-12)10-20-9-13(17)8-19/h1-4,12-13,20H,5-7,9-10H2. The van der Waals surface area contributed by atoms with E-state index in [0.717, 1.165) is 36.5 Å². The first-order chi connectivity index (χ1) is 11.2. The monoisotopic (exact) mass is 328 g/mol. The van der Waals surface area contributed by atoms with Gasteiger partial charge in [0.2, 0.25) is 5.89 Å². The number of hydrogen-bond donors (Lipinski definition) is 1. The van der Waals surface area contributed by atoms with Crippen LogP contribution in [0.5, 0.6) is 0 Å². The Balaban J connectivity index is 1.42. The number of nitrogens with one attached hydrogen (secondary N) is 1. The molecule has 2 aromatic rings. The third-order valence-corrected chi connectivity index (χ3v) is 5.39. The van der Waals surface area contributed by atoms with Gasteiger partial charge in [-0.1, -0.05) is 28.9 Å². The van der Waals surface area contributed by atoms with Gasteiger partial charge in [-0.25, -0.2) is 0 Å². The molecule has 0 amide bonds. The van der Waals surface area contributed by atoms with Crippen LogP contribution in [0.1, 0.15) is 36.0 Å². The number of rotatable bonds is 3. The molecule has 1 N–H and O–H groups in total. The Labute approximate surface area is 139 Å². The van der Waals surface area contributed by atoms with Gasteiger partial charge in [-0.3, -0.25) is 0 Å². The molecule has 2 heterocycles. The molecule has 1 aliphatic carbocycles. The van der Waals surface area contributed by atoms with Gasteiger partial charge in [0, 0.05) is 35.9 Å². The Hall–Kier alpha value is -1.90. The highest BCUT2D eigenvalue weighted by molar-refractivity contribution is 6.30. The quantitative estimate of drug-likeness (QED) is 0.937. The van der Waals surface area contributed by atoms with Crippen LogP contribution in [0.2, 0.25) is 5.02 Å². The molecule has 6 heteroatoms. The van der Waals surface area contributed by atoms with E-state index in [1.54, 1.807) is 0 Å². The zero-order valence-electron chi connectivity index (χ0n) is 12.6. The topological polar surface area (TPSA) is 74.7 Å². The van der Waals surface area contributed by atoms with E-state index in [1.165, 1.54) is 0 Å². The van der Waals surface area contributed by atoms with Crippen LogP contribution in [0.4, 0.5) is 0 Å². The van der Waals surface area contributed by atoms with Gasteiger partial charge in [0.25, 0.3) is 0 Å². The maximum absolute atomic E-state index is 9.26. The second-order valence-corrected chi connectivity index (χ2v) is 7.07. The molecule has 2 aliphatic rings. The lowest BCUT2D eigenvalue weighted by Crippen LogP contribution is -2.42. The van der Waals surface area contributed by atoms with Crippen LogP contribution < -0.4 is 5.32 Å². The Bertz CT molecular complexity index is 743. The third-order valence-electron chi connectivity index (χ3n) is 5.13. The Morgan fingerprint density at radius 2 is 2.13 bits per heavy atom. The number of aromatic nitrogens is 2. The van der Waals surface area contributed by atoms with E-state index in [2.05, 4.69) is 21.5 Å². The van der Waals surface area contributed by atoms with Crippen LogP contribution in [-0.2, 0) is 6.42 Å². The summed E-state index contributed by atoms with van der Waals surface area (Å²) in [6, 6.07) is 10.1. The first kappa shape index (κ1) is 14.7. The Kier molecular flexibility index (Phi) is 3.59. The molecular formula is C17H17ClN4O.